The zero-order valence-corrected chi connectivity index (χ0v) is 10.2. The van der Waals surface area contributed by atoms with Crippen molar-refractivity contribution in [2.24, 2.45) is 7.05 Å². The molecule has 1 N–H and O–H groups in total. The second kappa shape index (κ2) is 4.49. The second-order valence-electron chi connectivity index (χ2n) is 4.69. The first-order valence-corrected chi connectivity index (χ1v) is 6.10. The molecule has 5 heteroatoms. The van der Waals surface area contributed by atoms with Gasteiger partial charge in [-0.2, -0.15) is 5.10 Å². The van der Waals surface area contributed by atoms with Gasteiger partial charge in [0.15, 0.2) is 0 Å². The average Bonchev–Trinajstić information content (AvgIpc) is 3.11. The van der Waals surface area contributed by atoms with E-state index in [0.29, 0.717) is 11.7 Å². The molecule has 0 radical (unpaired) electrons. The van der Waals surface area contributed by atoms with Gasteiger partial charge >= 0.3 is 0 Å². The molecule has 2 aromatic heterocycles. The van der Waals surface area contributed by atoms with Crippen molar-refractivity contribution in [3.05, 3.63) is 35.9 Å². The lowest BCUT2D eigenvalue weighted by Gasteiger charge is -2.03. The first-order chi connectivity index (χ1) is 8.72. The predicted molar refractivity (Wildman–Crippen MR) is 66.3 cm³/mol. The number of rotatable bonds is 4. The van der Waals surface area contributed by atoms with Crippen molar-refractivity contribution in [3.8, 4) is 11.4 Å². The second-order valence-corrected chi connectivity index (χ2v) is 4.69. The maximum absolute atomic E-state index is 12.9. The van der Waals surface area contributed by atoms with Gasteiger partial charge in [0.2, 0.25) is 0 Å². The van der Waals surface area contributed by atoms with Gasteiger partial charge in [0, 0.05) is 31.4 Å². The van der Waals surface area contributed by atoms with Crippen LogP contribution in [0.2, 0.25) is 0 Å². The summed E-state index contributed by atoms with van der Waals surface area (Å²) < 4.78 is 14.6. The normalized spacial score (nSPS) is 15.0. The van der Waals surface area contributed by atoms with E-state index in [1.807, 2.05) is 13.2 Å². The minimum absolute atomic E-state index is 0.327. The Hall–Kier alpha value is -1.75. The maximum atomic E-state index is 12.9. The highest BCUT2D eigenvalue weighted by Gasteiger charge is 2.21. The fraction of sp³-hybridized carbons (Fsp3) is 0.385. The van der Waals surface area contributed by atoms with E-state index in [-0.39, 0.29) is 5.82 Å². The Bertz CT molecular complexity index is 543. The number of pyridine rings is 1. The van der Waals surface area contributed by atoms with Crippen LogP contribution in [0.25, 0.3) is 11.4 Å². The van der Waals surface area contributed by atoms with E-state index >= 15 is 0 Å². The molecule has 0 spiro atoms. The van der Waals surface area contributed by atoms with Crippen molar-refractivity contribution in [2.45, 2.75) is 25.4 Å². The Morgan fingerprint density at radius 2 is 2.28 bits per heavy atom. The van der Waals surface area contributed by atoms with Gasteiger partial charge in [-0.25, -0.2) is 4.39 Å². The third-order valence-electron chi connectivity index (χ3n) is 3.03. The quantitative estimate of drug-likeness (QED) is 0.895. The van der Waals surface area contributed by atoms with Crippen LogP contribution >= 0.6 is 0 Å². The smallest absolute Gasteiger partial charge is 0.141 e. The third kappa shape index (κ3) is 2.41. The van der Waals surface area contributed by atoms with Crippen molar-refractivity contribution in [2.75, 3.05) is 0 Å². The van der Waals surface area contributed by atoms with Gasteiger partial charge in [-0.1, -0.05) is 0 Å². The Balaban J connectivity index is 1.86. The summed E-state index contributed by atoms with van der Waals surface area (Å²) in [5.41, 5.74) is 2.64. The molecule has 2 aromatic rings. The van der Waals surface area contributed by atoms with Crippen molar-refractivity contribution in [1.82, 2.24) is 20.1 Å². The lowest BCUT2D eigenvalue weighted by molar-refractivity contribution is 0.621. The van der Waals surface area contributed by atoms with Crippen LogP contribution in [0.3, 0.4) is 0 Å². The van der Waals surface area contributed by atoms with Gasteiger partial charge in [0.25, 0.3) is 0 Å². The third-order valence-corrected chi connectivity index (χ3v) is 3.03. The molecule has 0 bridgehead atoms. The zero-order chi connectivity index (χ0) is 12.5. The molecule has 2 heterocycles. The van der Waals surface area contributed by atoms with Gasteiger partial charge in [-0.05, 0) is 25.0 Å². The van der Waals surface area contributed by atoms with E-state index in [0.717, 1.165) is 17.8 Å². The van der Waals surface area contributed by atoms with Crippen molar-refractivity contribution in [1.29, 1.82) is 0 Å². The lowest BCUT2D eigenvalue weighted by atomic mass is 10.2. The average molecular weight is 246 g/mol. The highest BCUT2D eigenvalue weighted by molar-refractivity contribution is 5.58. The maximum Gasteiger partial charge on any atom is 0.141 e. The molecule has 1 fully saturated rings. The number of nitrogens with zero attached hydrogens (tertiary/aromatic N) is 3. The predicted octanol–water partition coefficient (Wildman–Crippen LogP) is 1.87. The number of hydrogen-bond donors (Lipinski definition) is 1. The van der Waals surface area contributed by atoms with Crippen LogP contribution in [-0.2, 0) is 13.6 Å². The molecule has 1 aliphatic rings. The summed E-state index contributed by atoms with van der Waals surface area (Å²) >= 11 is 0. The Morgan fingerprint density at radius 3 is 2.94 bits per heavy atom. The molecule has 0 saturated heterocycles. The van der Waals surface area contributed by atoms with Crippen molar-refractivity contribution >= 4 is 0 Å². The van der Waals surface area contributed by atoms with E-state index in [9.17, 15) is 4.39 Å². The van der Waals surface area contributed by atoms with E-state index < -0.39 is 0 Å². The van der Waals surface area contributed by atoms with E-state index in [1.54, 1.807) is 10.7 Å². The van der Waals surface area contributed by atoms with Gasteiger partial charge in [0.1, 0.15) is 11.5 Å². The number of hydrogen-bond acceptors (Lipinski definition) is 3. The first-order valence-electron chi connectivity index (χ1n) is 6.10. The van der Waals surface area contributed by atoms with Crippen LogP contribution in [-0.4, -0.2) is 20.8 Å². The topological polar surface area (TPSA) is 42.7 Å². The highest BCUT2D eigenvalue weighted by atomic mass is 19.1. The van der Waals surface area contributed by atoms with Crippen LogP contribution in [0.5, 0.6) is 0 Å². The Labute approximate surface area is 105 Å². The minimum atomic E-state index is -0.327. The fourth-order valence-electron chi connectivity index (χ4n) is 1.94. The van der Waals surface area contributed by atoms with Gasteiger partial charge in [-0.15, -0.1) is 0 Å². The summed E-state index contributed by atoms with van der Waals surface area (Å²) in [4.78, 5) is 4.09. The summed E-state index contributed by atoms with van der Waals surface area (Å²) in [6.07, 6.45) is 5.71. The summed E-state index contributed by atoms with van der Waals surface area (Å²) in [5.74, 6) is -0.327. The fourth-order valence-corrected chi connectivity index (χ4v) is 1.94. The summed E-state index contributed by atoms with van der Waals surface area (Å²) in [7, 11) is 1.88. The van der Waals surface area contributed by atoms with Crippen LogP contribution in [0.15, 0.2) is 24.5 Å². The summed E-state index contributed by atoms with van der Waals surface area (Å²) in [6, 6.07) is 3.73. The molecule has 3 rings (SSSR count). The molecule has 4 nitrogen and oxygen atoms in total. The molecular formula is C13H15FN4. The summed E-state index contributed by atoms with van der Waals surface area (Å²) in [5, 5.41) is 7.85. The largest absolute Gasteiger partial charge is 0.310 e. The number of aryl methyl sites for hydroxylation is 1. The van der Waals surface area contributed by atoms with Crippen LogP contribution < -0.4 is 5.32 Å². The highest BCUT2D eigenvalue weighted by Crippen LogP contribution is 2.23. The van der Waals surface area contributed by atoms with E-state index in [2.05, 4.69) is 15.4 Å². The molecule has 0 atom stereocenters. The number of nitrogens with one attached hydrogen (secondary N) is 1. The molecule has 0 aromatic carbocycles. The van der Waals surface area contributed by atoms with Crippen LogP contribution in [0.1, 0.15) is 18.4 Å². The first kappa shape index (κ1) is 11.3. The molecule has 0 aliphatic heterocycles. The zero-order valence-electron chi connectivity index (χ0n) is 10.2. The molecule has 1 aliphatic carbocycles. The van der Waals surface area contributed by atoms with Gasteiger partial charge < -0.3 is 5.32 Å². The number of halogens is 1. The molecule has 18 heavy (non-hydrogen) atoms. The monoisotopic (exact) mass is 246 g/mol. The summed E-state index contributed by atoms with van der Waals surface area (Å²) in [6.45, 7) is 0.785. The minimum Gasteiger partial charge on any atom is -0.310 e. The van der Waals surface area contributed by atoms with Crippen molar-refractivity contribution < 1.29 is 4.39 Å². The van der Waals surface area contributed by atoms with Crippen molar-refractivity contribution in [3.63, 3.8) is 0 Å². The number of aromatic nitrogens is 3. The van der Waals surface area contributed by atoms with Gasteiger partial charge in [-0.3, -0.25) is 9.67 Å². The molecule has 94 valence electrons. The van der Waals surface area contributed by atoms with E-state index in [1.165, 1.54) is 25.1 Å². The lowest BCUT2D eigenvalue weighted by Crippen LogP contribution is -2.15. The Kier molecular flexibility index (Phi) is 2.83. The standard InChI is InChI=1S/C13H15FN4/c1-18-8-9(6-15-11-3-4-11)13(17-18)12-5-2-10(14)7-16-12/h2,5,7-8,11,15H,3-4,6H2,1H3. The van der Waals surface area contributed by atoms with E-state index in [4.69, 9.17) is 0 Å². The molecule has 1 saturated carbocycles. The van der Waals surface area contributed by atoms with Crippen LogP contribution in [0, 0.1) is 5.82 Å². The molecule has 0 unspecified atom stereocenters. The Morgan fingerprint density at radius 1 is 1.44 bits per heavy atom. The molecular weight excluding hydrogens is 231 g/mol. The van der Waals surface area contributed by atoms with Gasteiger partial charge in [0.05, 0.1) is 11.9 Å². The van der Waals surface area contributed by atoms with Crippen LogP contribution in [0.4, 0.5) is 4.39 Å². The SMILES string of the molecule is Cn1cc(CNC2CC2)c(-c2ccc(F)cn2)n1. The molecule has 0 amide bonds.